The first-order valence-electron chi connectivity index (χ1n) is 7.49. The predicted octanol–water partition coefficient (Wildman–Crippen LogP) is 2.99. The molecule has 0 saturated carbocycles. The number of hydrogen-bond donors (Lipinski definition) is 3. The van der Waals surface area contributed by atoms with Crippen LogP contribution in [0.5, 0.6) is 0 Å². The summed E-state index contributed by atoms with van der Waals surface area (Å²) >= 11 is 0. The van der Waals surface area contributed by atoms with Gasteiger partial charge in [-0.3, -0.25) is 0 Å². The van der Waals surface area contributed by atoms with Crippen LogP contribution in [0.1, 0.15) is 59.2 Å². The molecule has 0 amide bonds. The third-order valence-corrected chi connectivity index (χ3v) is 2.90. The van der Waals surface area contributed by atoms with Crippen LogP contribution in [0.2, 0.25) is 0 Å². The fourth-order valence-corrected chi connectivity index (χ4v) is 1.96. The molecule has 0 radical (unpaired) electrons. The first-order chi connectivity index (χ1) is 9.42. The number of aliphatic hydroxyl groups excluding tert-OH is 1. The van der Waals surface area contributed by atoms with E-state index in [-0.39, 0.29) is 18.1 Å². The summed E-state index contributed by atoms with van der Waals surface area (Å²) in [5, 5.41) is 16.1. The molecule has 114 valence electrons. The Kier molecular flexibility index (Phi) is 6.71. The van der Waals surface area contributed by atoms with Crippen LogP contribution in [0.4, 0.5) is 11.6 Å². The molecule has 2 unspecified atom stereocenters. The highest BCUT2D eigenvalue weighted by atomic mass is 16.3. The minimum absolute atomic E-state index is 0.170. The molecule has 5 nitrogen and oxygen atoms in total. The topological polar surface area (TPSA) is 70.1 Å². The Hall–Kier alpha value is -1.36. The summed E-state index contributed by atoms with van der Waals surface area (Å²) in [5.74, 6) is 2.79. The molecule has 0 aliphatic rings. The smallest absolute Gasteiger partial charge is 0.135 e. The van der Waals surface area contributed by atoms with E-state index in [1.165, 1.54) is 0 Å². The fraction of sp³-hybridized carbons (Fsp3) is 0.733. The first-order valence-corrected chi connectivity index (χ1v) is 7.49. The lowest BCUT2D eigenvalue weighted by atomic mass is 10.1. The SMILES string of the molecule is CCCNc1cc(NC(C)CC(C)O)nc(C(C)C)n1. The summed E-state index contributed by atoms with van der Waals surface area (Å²) in [6, 6.07) is 2.10. The summed E-state index contributed by atoms with van der Waals surface area (Å²) in [4.78, 5) is 9.07. The van der Waals surface area contributed by atoms with E-state index in [2.05, 4.69) is 41.4 Å². The first kappa shape index (κ1) is 16.7. The quantitative estimate of drug-likeness (QED) is 0.683. The second-order valence-electron chi connectivity index (χ2n) is 5.71. The third-order valence-electron chi connectivity index (χ3n) is 2.90. The highest BCUT2D eigenvalue weighted by Crippen LogP contribution is 2.18. The highest BCUT2D eigenvalue weighted by molar-refractivity contribution is 5.48. The van der Waals surface area contributed by atoms with Crippen molar-refractivity contribution in [2.24, 2.45) is 0 Å². The van der Waals surface area contributed by atoms with Crippen molar-refractivity contribution >= 4 is 11.6 Å². The zero-order chi connectivity index (χ0) is 15.1. The minimum Gasteiger partial charge on any atom is -0.393 e. The van der Waals surface area contributed by atoms with Gasteiger partial charge in [0.1, 0.15) is 17.5 Å². The van der Waals surface area contributed by atoms with E-state index in [4.69, 9.17) is 0 Å². The molecule has 0 aliphatic carbocycles. The molecule has 5 heteroatoms. The van der Waals surface area contributed by atoms with Gasteiger partial charge in [0.05, 0.1) is 6.10 Å². The molecule has 0 bridgehead atoms. The van der Waals surface area contributed by atoms with Crippen LogP contribution in [0.25, 0.3) is 0 Å². The molecular weight excluding hydrogens is 252 g/mol. The van der Waals surface area contributed by atoms with E-state index in [1.807, 2.05) is 13.0 Å². The summed E-state index contributed by atoms with van der Waals surface area (Å²) in [6.07, 6.45) is 1.43. The lowest BCUT2D eigenvalue weighted by molar-refractivity contribution is 0.179. The Bertz CT molecular complexity index is 407. The van der Waals surface area contributed by atoms with Gasteiger partial charge in [0.25, 0.3) is 0 Å². The minimum atomic E-state index is -0.318. The van der Waals surface area contributed by atoms with Gasteiger partial charge < -0.3 is 15.7 Å². The molecule has 0 aromatic carbocycles. The third kappa shape index (κ3) is 5.74. The summed E-state index contributed by atoms with van der Waals surface area (Å²) in [6.45, 7) is 11.0. The van der Waals surface area contributed by atoms with Crippen molar-refractivity contribution in [3.8, 4) is 0 Å². The second kappa shape index (κ2) is 8.04. The van der Waals surface area contributed by atoms with Gasteiger partial charge in [-0.2, -0.15) is 0 Å². The lowest BCUT2D eigenvalue weighted by Gasteiger charge is -2.18. The van der Waals surface area contributed by atoms with E-state index in [1.54, 1.807) is 6.92 Å². The second-order valence-corrected chi connectivity index (χ2v) is 5.71. The van der Waals surface area contributed by atoms with Crippen molar-refractivity contribution in [2.45, 2.75) is 65.5 Å². The van der Waals surface area contributed by atoms with Gasteiger partial charge in [-0.25, -0.2) is 9.97 Å². The Morgan fingerprint density at radius 2 is 1.80 bits per heavy atom. The Balaban J connectivity index is 2.85. The van der Waals surface area contributed by atoms with E-state index >= 15 is 0 Å². The Morgan fingerprint density at radius 1 is 1.15 bits per heavy atom. The summed E-state index contributed by atoms with van der Waals surface area (Å²) < 4.78 is 0. The van der Waals surface area contributed by atoms with Crippen molar-refractivity contribution in [3.05, 3.63) is 11.9 Å². The summed E-state index contributed by atoms with van der Waals surface area (Å²) in [5.41, 5.74) is 0. The number of hydrogen-bond acceptors (Lipinski definition) is 5. The average Bonchev–Trinajstić information content (AvgIpc) is 2.34. The van der Waals surface area contributed by atoms with Crippen molar-refractivity contribution in [1.82, 2.24) is 9.97 Å². The number of anilines is 2. The highest BCUT2D eigenvalue weighted by Gasteiger charge is 2.11. The van der Waals surface area contributed by atoms with Gasteiger partial charge in [0, 0.05) is 24.6 Å². The number of rotatable bonds is 8. The van der Waals surface area contributed by atoms with Crippen LogP contribution in [0.15, 0.2) is 6.07 Å². The zero-order valence-corrected chi connectivity index (χ0v) is 13.3. The van der Waals surface area contributed by atoms with Crippen LogP contribution >= 0.6 is 0 Å². The molecule has 1 rings (SSSR count). The number of nitrogens with zero attached hydrogens (tertiary/aromatic N) is 2. The van der Waals surface area contributed by atoms with E-state index in [0.29, 0.717) is 6.42 Å². The van der Waals surface area contributed by atoms with Gasteiger partial charge in [-0.1, -0.05) is 20.8 Å². The van der Waals surface area contributed by atoms with E-state index in [0.717, 1.165) is 30.4 Å². The molecule has 3 N–H and O–H groups in total. The maximum absolute atomic E-state index is 9.43. The lowest BCUT2D eigenvalue weighted by Crippen LogP contribution is -2.22. The molecule has 0 aliphatic heterocycles. The number of aliphatic hydroxyl groups is 1. The van der Waals surface area contributed by atoms with Crippen molar-refractivity contribution in [2.75, 3.05) is 17.2 Å². The van der Waals surface area contributed by atoms with Gasteiger partial charge in [-0.05, 0) is 26.7 Å². The zero-order valence-electron chi connectivity index (χ0n) is 13.3. The van der Waals surface area contributed by atoms with Gasteiger partial charge in [0.2, 0.25) is 0 Å². The molecule has 0 fully saturated rings. The Labute approximate surface area is 122 Å². The molecule has 0 spiro atoms. The van der Waals surface area contributed by atoms with Crippen LogP contribution in [-0.2, 0) is 0 Å². The van der Waals surface area contributed by atoms with Crippen molar-refractivity contribution < 1.29 is 5.11 Å². The van der Waals surface area contributed by atoms with Crippen LogP contribution in [0, 0.1) is 0 Å². The average molecular weight is 280 g/mol. The number of nitrogens with one attached hydrogen (secondary N) is 2. The Morgan fingerprint density at radius 3 is 2.35 bits per heavy atom. The van der Waals surface area contributed by atoms with Crippen molar-refractivity contribution in [1.29, 1.82) is 0 Å². The van der Waals surface area contributed by atoms with E-state index in [9.17, 15) is 5.11 Å². The van der Waals surface area contributed by atoms with Crippen LogP contribution in [0.3, 0.4) is 0 Å². The van der Waals surface area contributed by atoms with Crippen molar-refractivity contribution in [3.63, 3.8) is 0 Å². The summed E-state index contributed by atoms with van der Waals surface area (Å²) in [7, 11) is 0. The molecule has 1 aromatic heterocycles. The molecule has 20 heavy (non-hydrogen) atoms. The van der Waals surface area contributed by atoms with Gasteiger partial charge in [0.15, 0.2) is 0 Å². The van der Waals surface area contributed by atoms with Crippen LogP contribution in [-0.4, -0.2) is 33.8 Å². The van der Waals surface area contributed by atoms with E-state index < -0.39 is 0 Å². The molecule has 2 atom stereocenters. The molecule has 0 saturated heterocycles. The molecular formula is C15H28N4O. The monoisotopic (exact) mass is 280 g/mol. The molecule has 1 heterocycles. The normalized spacial score (nSPS) is 14.2. The van der Waals surface area contributed by atoms with Gasteiger partial charge >= 0.3 is 0 Å². The maximum Gasteiger partial charge on any atom is 0.135 e. The fourth-order valence-electron chi connectivity index (χ4n) is 1.96. The predicted molar refractivity (Wildman–Crippen MR) is 84.3 cm³/mol. The standard InChI is InChI=1S/C15H28N4O/c1-6-7-16-13-9-14(17-11(4)8-12(5)20)19-15(18-13)10(2)3/h9-12,20H,6-8H2,1-5H3,(H2,16,17,18,19). The largest absolute Gasteiger partial charge is 0.393 e. The van der Waals surface area contributed by atoms with Crippen LogP contribution < -0.4 is 10.6 Å². The maximum atomic E-state index is 9.43. The van der Waals surface area contributed by atoms with Gasteiger partial charge in [-0.15, -0.1) is 0 Å². The number of aromatic nitrogens is 2. The molecule has 1 aromatic rings.